The van der Waals surface area contributed by atoms with E-state index < -0.39 is 29.6 Å². The number of nitrogens with zero attached hydrogens (tertiary/aromatic N) is 1. The van der Waals surface area contributed by atoms with E-state index in [0.717, 1.165) is 0 Å². The molecule has 2 aliphatic heterocycles. The Kier molecular flexibility index (Phi) is 6.36. The van der Waals surface area contributed by atoms with E-state index >= 15 is 0 Å². The first-order valence-electron chi connectivity index (χ1n) is 6.60. The van der Waals surface area contributed by atoms with Crippen LogP contribution in [-0.4, -0.2) is 47.2 Å². The Morgan fingerprint density at radius 2 is 2.14 bits per heavy atom. The first-order chi connectivity index (χ1) is 9.90. The Balaban J connectivity index is 0.00000242. The van der Waals surface area contributed by atoms with Crippen LogP contribution in [0.1, 0.15) is 32.6 Å². The van der Waals surface area contributed by atoms with Gasteiger partial charge in [-0.3, -0.25) is 19.2 Å². The molecule has 0 aromatic rings. The van der Waals surface area contributed by atoms with Crippen LogP contribution < -0.4 is 40.0 Å². The minimum absolute atomic E-state index is 0. The van der Waals surface area contributed by atoms with Crippen molar-refractivity contribution in [1.82, 2.24) is 10.4 Å². The van der Waals surface area contributed by atoms with E-state index in [2.05, 4.69) is 5.32 Å². The third kappa shape index (κ3) is 3.43. The van der Waals surface area contributed by atoms with Gasteiger partial charge in [-0.05, 0) is 6.42 Å². The summed E-state index contributed by atoms with van der Waals surface area (Å²) in [4.78, 5) is 51.1. The predicted octanol–water partition coefficient (Wildman–Crippen LogP) is -5.17. The first kappa shape index (κ1) is 18.9. The van der Waals surface area contributed by atoms with Crippen molar-refractivity contribution in [3.05, 3.63) is 0 Å². The van der Waals surface area contributed by atoms with Crippen LogP contribution in [0.15, 0.2) is 0 Å². The van der Waals surface area contributed by atoms with Gasteiger partial charge in [-0.15, -0.1) is 0 Å². The Morgan fingerprint density at radius 3 is 2.64 bits per heavy atom. The van der Waals surface area contributed by atoms with Gasteiger partial charge in [0.1, 0.15) is 18.6 Å². The van der Waals surface area contributed by atoms with Crippen LogP contribution in [0.4, 0.5) is 0 Å². The fraction of sp³-hybridized carbons (Fsp3) is 0.667. The number of amides is 2. The zero-order chi connectivity index (χ0) is 15.6. The molecule has 2 aliphatic rings. The molecule has 0 saturated carbocycles. The predicted molar refractivity (Wildman–Crippen MR) is 62.7 cm³/mol. The number of hydroxylamine groups is 2. The van der Waals surface area contributed by atoms with Gasteiger partial charge in [-0.25, -0.2) is 0 Å². The monoisotopic (exact) mass is 322 g/mol. The zero-order valence-electron chi connectivity index (χ0n) is 12.4. The van der Waals surface area contributed by atoms with Gasteiger partial charge in [0.25, 0.3) is 11.6 Å². The van der Waals surface area contributed by atoms with E-state index in [0.29, 0.717) is 11.5 Å². The van der Waals surface area contributed by atoms with Gasteiger partial charge in [-0.2, -0.15) is 5.06 Å². The van der Waals surface area contributed by atoms with Crippen molar-refractivity contribution >= 4 is 23.8 Å². The number of esters is 1. The Labute approximate surface area is 148 Å². The second-order valence-electron chi connectivity index (χ2n) is 4.84. The van der Waals surface area contributed by atoms with Gasteiger partial charge in [0.15, 0.2) is 0 Å². The zero-order valence-corrected chi connectivity index (χ0v) is 14.4. The number of rotatable bonds is 5. The Morgan fingerprint density at radius 1 is 1.45 bits per heavy atom. The van der Waals surface area contributed by atoms with Gasteiger partial charge in [0, 0.05) is 12.8 Å². The average Bonchev–Trinajstić information content (AvgIpc) is 2.96. The molecule has 0 spiro atoms. The molecular weight excluding hydrogens is 307 g/mol. The summed E-state index contributed by atoms with van der Waals surface area (Å²) in [6.45, 7) is 1.59. The van der Waals surface area contributed by atoms with Gasteiger partial charge in [-0.1, -0.05) is 6.92 Å². The normalized spacial score (nSPS) is 27.3. The summed E-state index contributed by atoms with van der Waals surface area (Å²) in [6.07, 6.45) is 0.436. The molecule has 0 aromatic heterocycles. The van der Waals surface area contributed by atoms with Crippen molar-refractivity contribution in [2.75, 3.05) is 6.61 Å². The van der Waals surface area contributed by atoms with Crippen molar-refractivity contribution in [3.63, 3.8) is 0 Å². The molecule has 2 heterocycles. The summed E-state index contributed by atoms with van der Waals surface area (Å²) < 4.78 is 4.73. The number of carboxylic acid groups (broad SMARTS) is 1. The molecule has 0 bridgehead atoms. The smallest absolute Gasteiger partial charge is 0.544 e. The maximum atomic E-state index is 12.2. The fourth-order valence-corrected chi connectivity index (χ4v) is 2.24. The van der Waals surface area contributed by atoms with Gasteiger partial charge in [0.05, 0.1) is 6.42 Å². The summed E-state index contributed by atoms with van der Waals surface area (Å²) >= 11 is 0. The van der Waals surface area contributed by atoms with Crippen LogP contribution in [0, 0.1) is 0 Å². The molecule has 10 heteroatoms. The molecular formula is C12H15N2NaO7. The maximum absolute atomic E-state index is 12.2. The molecule has 2 amide bonds. The summed E-state index contributed by atoms with van der Waals surface area (Å²) in [5.41, 5.74) is -2.25. The number of ether oxygens (including phenoxy) is 1. The number of carbonyl (C=O) groups excluding carboxylic acids is 4. The second-order valence-corrected chi connectivity index (χ2v) is 4.84. The number of carbonyl (C=O) groups is 4. The van der Waals surface area contributed by atoms with E-state index in [1.54, 1.807) is 0 Å². The summed E-state index contributed by atoms with van der Waals surface area (Å²) in [5, 5.41) is 14.2. The molecule has 22 heavy (non-hydrogen) atoms. The van der Waals surface area contributed by atoms with E-state index in [9.17, 15) is 24.3 Å². The standard InChI is InChI=1S/C12H16N2O7.Na/c1-2-3-8(15)13-7-6-20-14(10(7)17)12(11(18)19)5-4-9(16)21-12;/h7H,2-6H2,1H3,(H,13,15)(H,18,19);/q;+1/p-1/t7-,12?;/m0./s1. The molecule has 2 atom stereocenters. The summed E-state index contributed by atoms with van der Waals surface area (Å²) in [7, 11) is 0. The number of hydrogen-bond acceptors (Lipinski definition) is 7. The third-order valence-corrected chi connectivity index (χ3v) is 3.28. The SMILES string of the molecule is CCCC(=O)N[C@H]1CON(C2(C(=O)[O-])CCC(=O)O2)C1=O.[Na+]. The fourth-order valence-electron chi connectivity index (χ4n) is 2.24. The molecule has 116 valence electrons. The third-order valence-electron chi connectivity index (χ3n) is 3.28. The van der Waals surface area contributed by atoms with Crippen molar-refractivity contribution in [3.8, 4) is 0 Å². The van der Waals surface area contributed by atoms with Crippen LogP contribution in [0.2, 0.25) is 0 Å². The number of nitrogens with one attached hydrogen (secondary N) is 1. The Hall–Kier alpha value is -1.16. The topological polar surface area (TPSA) is 125 Å². The molecule has 2 fully saturated rings. The molecule has 2 rings (SSSR count). The largest absolute Gasteiger partial charge is 1.00 e. The molecule has 9 nitrogen and oxygen atoms in total. The number of aliphatic carboxylic acids is 1. The summed E-state index contributed by atoms with van der Waals surface area (Å²) in [6, 6.07) is -1.00. The van der Waals surface area contributed by atoms with E-state index in [4.69, 9.17) is 9.57 Å². The van der Waals surface area contributed by atoms with Crippen molar-refractivity contribution < 1.29 is 63.4 Å². The second kappa shape index (κ2) is 7.40. The number of carboxylic acids is 1. The van der Waals surface area contributed by atoms with Gasteiger partial charge < -0.3 is 20.0 Å². The van der Waals surface area contributed by atoms with Crippen LogP contribution in [0.3, 0.4) is 0 Å². The van der Waals surface area contributed by atoms with Gasteiger partial charge >= 0.3 is 35.5 Å². The van der Waals surface area contributed by atoms with E-state index in [-0.39, 0.29) is 61.3 Å². The molecule has 0 aliphatic carbocycles. The average molecular weight is 322 g/mol. The van der Waals surface area contributed by atoms with Crippen molar-refractivity contribution in [2.24, 2.45) is 0 Å². The molecule has 1 N–H and O–H groups in total. The molecule has 0 aromatic carbocycles. The van der Waals surface area contributed by atoms with Crippen LogP contribution in [0.25, 0.3) is 0 Å². The maximum Gasteiger partial charge on any atom is 1.00 e. The quantitative estimate of drug-likeness (QED) is 0.396. The molecule has 1 unspecified atom stereocenters. The van der Waals surface area contributed by atoms with Gasteiger partial charge in [0.2, 0.25) is 5.91 Å². The molecule has 2 saturated heterocycles. The Bertz CT molecular complexity index is 498. The van der Waals surface area contributed by atoms with Crippen LogP contribution in [0.5, 0.6) is 0 Å². The van der Waals surface area contributed by atoms with Crippen molar-refractivity contribution in [2.45, 2.75) is 44.4 Å². The first-order valence-corrected chi connectivity index (χ1v) is 6.60. The summed E-state index contributed by atoms with van der Waals surface area (Å²) in [5.74, 6) is -3.61. The molecule has 0 radical (unpaired) electrons. The van der Waals surface area contributed by atoms with E-state index in [1.807, 2.05) is 6.92 Å². The van der Waals surface area contributed by atoms with Crippen LogP contribution >= 0.6 is 0 Å². The number of cyclic esters (lactones) is 1. The van der Waals surface area contributed by atoms with E-state index in [1.165, 1.54) is 0 Å². The minimum Gasteiger partial charge on any atom is -0.544 e. The van der Waals surface area contributed by atoms with Crippen molar-refractivity contribution in [1.29, 1.82) is 0 Å². The minimum atomic E-state index is -2.25. The number of hydrogen-bond donors (Lipinski definition) is 1. The van der Waals surface area contributed by atoms with Crippen LogP contribution in [-0.2, 0) is 28.8 Å².